The summed E-state index contributed by atoms with van der Waals surface area (Å²) in [6.45, 7) is 1.79. The van der Waals surface area contributed by atoms with Crippen LogP contribution in [0.15, 0.2) is 35.5 Å². The van der Waals surface area contributed by atoms with Crippen molar-refractivity contribution in [2.24, 2.45) is 5.41 Å². The molecule has 3 heterocycles. The molecule has 1 aliphatic carbocycles. The van der Waals surface area contributed by atoms with E-state index in [4.69, 9.17) is 0 Å². The molecule has 0 aromatic carbocycles. The predicted octanol–water partition coefficient (Wildman–Crippen LogP) is 1.55. The lowest BCUT2D eigenvalue weighted by molar-refractivity contribution is 0.231. The van der Waals surface area contributed by atoms with Crippen molar-refractivity contribution in [3.8, 4) is 0 Å². The molecule has 108 valence electrons. The summed E-state index contributed by atoms with van der Waals surface area (Å²) in [4.78, 5) is 25.4. The van der Waals surface area contributed by atoms with E-state index in [1.165, 1.54) is 11.3 Å². The molecular weight excluding hydrogens is 264 g/mol. The van der Waals surface area contributed by atoms with Gasteiger partial charge in [0.1, 0.15) is 0 Å². The summed E-state index contributed by atoms with van der Waals surface area (Å²) < 4.78 is 0. The van der Waals surface area contributed by atoms with E-state index in [0.29, 0.717) is 11.2 Å². The molecule has 1 N–H and O–H groups in total. The van der Waals surface area contributed by atoms with E-state index in [-0.39, 0.29) is 5.56 Å². The van der Waals surface area contributed by atoms with Crippen molar-refractivity contribution in [1.29, 1.82) is 0 Å². The Balaban J connectivity index is 1.51. The lowest BCUT2D eigenvalue weighted by atomic mass is 9.76. The summed E-state index contributed by atoms with van der Waals surface area (Å²) in [6.07, 6.45) is 9.52. The SMILES string of the molecule is O=c1[nH]ccnc1N1CCC2(CC1)Cc1cccnc1C2. The van der Waals surface area contributed by atoms with Crippen LogP contribution in [0.3, 0.4) is 0 Å². The summed E-state index contributed by atoms with van der Waals surface area (Å²) in [6, 6.07) is 4.23. The Kier molecular flexibility index (Phi) is 2.80. The fraction of sp³-hybridized carbons (Fsp3) is 0.438. The largest absolute Gasteiger partial charge is 0.352 e. The monoisotopic (exact) mass is 282 g/mol. The van der Waals surface area contributed by atoms with Gasteiger partial charge in [-0.25, -0.2) is 4.98 Å². The average Bonchev–Trinajstić information content (AvgIpc) is 2.86. The van der Waals surface area contributed by atoms with Gasteiger partial charge >= 0.3 is 0 Å². The number of piperidine rings is 1. The Bertz CT molecular complexity index is 689. The molecule has 1 fully saturated rings. The van der Waals surface area contributed by atoms with E-state index in [2.05, 4.69) is 25.9 Å². The topological polar surface area (TPSA) is 61.9 Å². The van der Waals surface area contributed by atoms with Crippen molar-refractivity contribution in [3.05, 3.63) is 52.3 Å². The Morgan fingerprint density at radius 2 is 2.00 bits per heavy atom. The first kappa shape index (κ1) is 12.6. The Labute approximate surface area is 123 Å². The van der Waals surface area contributed by atoms with E-state index in [0.717, 1.165) is 38.8 Å². The zero-order chi connectivity index (χ0) is 14.3. The quantitative estimate of drug-likeness (QED) is 0.862. The number of rotatable bonds is 1. The molecule has 0 radical (unpaired) electrons. The highest BCUT2D eigenvalue weighted by Gasteiger charge is 2.40. The first-order valence-corrected chi connectivity index (χ1v) is 7.47. The first-order valence-electron chi connectivity index (χ1n) is 7.47. The highest BCUT2D eigenvalue weighted by molar-refractivity contribution is 5.37. The van der Waals surface area contributed by atoms with Gasteiger partial charge in [0.2, 0.25) is 0 Å². The van der Waals surface area contributed by atoms with Gasteiger partial charge in [0, 0.05) is 37.4 Å². The third-order valence-electron chi connectivity index (χ3n) is 4.90. The number of aromatic amines is 1. The number of hydrogen-bond donors (Lipinski definition) is 1. The maximum Gasteiger partial charge on any atom is 0.290 e. The summed E-state index contributed by atoms with van der Waals surface area (Å²) in [5.41, 5.74) is 2.92. The number of aromatic nitrogens is 3. The molecule has 4 rings (SSSR count). The molecule has 2 aliphatic rings. The zero-order valence-corrected chi connectivity index (χ0v) is 11.9. The van der Waals surface area contributed by atoms with Gasteiger partial charge in [-0.1, -0.05) is 6.07 Å². The minimum Gasteiger partial charge on any atom is -0.352 e. The van der Waals surface area contributed by atoms with Crippen molar-refractivity contribution in [2.45, 2.75) is 25.7 Å². The van der Waals surface area contributed by atoms with Gasteiger partial charge in [-0.3, -0.25) is 9.78 Å². The van der Waals surface area contributed by atoms with E-state index >= 15 is 0 Å². The second-order valence-electron chi connectivity index (χ2n) is 6.19. The molecular formula is C16H18N4O. The smallest absolute Gasteiger partial charge is 0.290 e. The molecule has 2 aromatic rings. The number of nitrogens with one attached hydrogen (secondary N) is 1. The molecule has 1 spiro atoms. The number of pyridine rings is 1. The molecule has 5 heteroatoms. The number of fused-ring (bicyclic) bond motifs is 1. The highest BCUT2D eigenvalue weighted by atomic mass is 16.1. The van der Waals surface area contributed by atoms with Gasteiger partial charge < -0.3 is 9.88 Å². The molecule has 0 unspecified atom stereocenters. The second-order valence-corrected chi connectivity index (χ2v) is 6.19. The highest BCUT2D eigenvalue weighted by Crippen LogP contribution is 2.44. The summed E-state index contributed by atoms with van der Waals surface area (Å²) in [5, 5.41) is 0. The van der Waals surface area contributed by atoms with Crippen molar-refractivity contribution in [1.82, 2.24) is 15.0 Å². The number of anilines is 1. The molecule has 5 nitrogen and oxygen atoms in total. The first-order chi connectivity index (χ1) is 10.3. The Morgan fingerprint density at radius 1 is 1.14 bits per heavy atom. The van der Waals surface area contributed by atoms with Crippen LogP contribution in [-0.4, -0.2) is 28.0 Å². The van der Waals surface area contributed by atoms with E-state index in [1.807, 2.05) is 12.3 Å². The Hall–Kier alpha value is -2.17. The van der Waals surface area contributed by atoms with Crippen LogP contribution in [0.25, 0.3) is 0 Å². The van der Waals surface area contributed by atoms with Crippen LogP contribution in [0.5, 0.6) is 0 Å². The molecule has 0 amide bonds. The normalized spacial score (nSPS) is 19.7. The number of H-pyrrole nitrogens is 1. The van der Waals surface area contributed by atoms with Crippen LogP contribution in [-0.2, 0) is 12.8 Å². The van der Waals surface area contributed by atoms with Gasteiger partial charge in [-0.15, -0.1) is 0 Å². The van der Waals surface area contributed by atoms with Gasteiger partial charge in [0.05, 0.1) is 0 Å². The van der Waals surface area contributed by atoms with Crippen LogP contribution in [0, 0.1) is 5.41 Å². The maximum atomic E-state index is 11.8. The molecule has 1 aliphatic heterocycles. The van der Waals surface area contributed by atoms with E-state index in [9.17, 15) is 4.79 Å². The van der Waals surface area contributed by atoms with Crippen molar-refractivity contribution in [3.63, 3.8) is 0 Å². The molecule has 0 saturated carbocycles. The van der Waals surface area contributed by atoms with Gasteiger partial charge in [0.25, 0.3) is 5.56 Å². The van der Waals surface area contributed by atoms with Crippen LogP contribution in [0.1, 0.15) is 24.1 Å². The number of hydrogen-bond acceptors (Lipinski definition) is 4. The fourth-order valence-corrected chi connectivity index (χ4v) is 3.73. The average molecular weight is 282 g/mol. The van der Waals surface area contributed by atoms with E-state index < -0.39 is 0 Å². The van der Waals surface area contributed by atoms with Crippen LogP contribution in [0.2, 0.25) is 0 Å². The minimum absolute atomic E-state index is 0.0928. The van der Waals surface area contributed by atoms with Crippen molar-refractivity contribution < 1.29 is 0 Å². The van der Waals surface area contributed by atoms with Gasteiger partial charge in [-0.05, 0) is 42.7 Å². The van der Waals surface area contributed by atoms with Crippen LogP contribution < -0.4 is 10.5 Å². The van der Waals surface area contributed by atoms with Gasteiger partial charge in [-0.2, -0.15) is 0 Å². The van der Waals surface area contributed by atoms with Crippen LogP contribution >= 0.6 is 0 Å². The summed E-state index contributed by atoms with van der Waals surface area (Å²) in [7, 11) is 0. The van der Waals surface area contributed by atoms with Crippen molar-refractivity contribution >= 4 is 5.82 Å². The molecule has 0 bridgehead atoms. The lowest BCUT2D eigenvalue weighted by Crippen LogP contribution is -2.43. The second kappa shape index (κ2) is 4.69. The van der Waals surface area contributed by atoms with Gasteiger partial charge in [0.15, 0.2) is 5.82 Å². The molecule has 21 heavy (non-hydrogen) atoms. The summed E-state index contributed by atoms with van der Waals surface area (Å²) >= 11 is 0. The third kappa shape index (κ3) is 2.13. The molecule has 0 atom stereocenters. The number of nitrogens with zero attached hydrogens (tertiary/aromatic N) is 3. The Morgan fingerprint density at radius 3 is 2.76 bits per heavy atom. The van der Waals surface area contributed by atoms with Crippen LogP contribution in [0.4, 0.5) is 5.82 Å². The summed E-state index contributed by atoms with van der Waals surface area (Å²) in [5.74, 6) is 0.556. The minimum atomic E-state index is -0.0928. The fourth-order valence-electron chi connectivity index (χ4n) is 3.73. The van der Waals surface area contributed by atoms with Crippen molar-refractivity contribution in [2.75, 3.05) is 18.0 Å². The molecule has 1 saturated heterocycles. The molecule has 2 aromatic heterocycles. The lowest BCUT2D eigenvalue weighted by Gasteiger charge is -2.39. The standard InChI is InChI=1S/C16H18N4O/c21-15-14(18-6-7-19-15)20-8-3-16(4-9-20)10-12-2-1-5-17-13(12)11-16/h1-2,5-7H,3-4,8-11H2,(H,19,21). The predicted molar refractivity (Wildman–Crippen MR) is 80.4 cm³/mol. The maximum absolute atomic E-state index is 11.8. The van der Waals surface area contributed by atoms with E-state index in [1.54, 1.807) is 12.4 Å². The zero-order valence-electron chi connectivity index (χ0n) is 11.9. The third-order valence-corrected chi connectivity index (χ3v) is 4.90.